The van der Waals surface area contributed by atoms with E-state index in [-0.39, 0.29) is 17.3 Å². The molecule has 0 spiro atoms. The topological polar surface area (TPSA) is 53.3 Å². The van der Waals surface area contributed by atoms with E-state index in [1.165, 1.54) is 0 Å². The molecule has 0 saturated carbocycles. The molecule has 0 aliphatic carbocycles. The van der Waals surface area contributed by atoms with Crippen molar-refractivity contribution in [2.75, 3.05) is 0 Å². The van der Waals surface area contributed by atoms with E-state index in [1.807, 2.05) is 62.4 Å². The number of ether oxygens (including phenoxy) is 1. The third-order valence-electron chi connectivity index (χ3n) is 6.69. The number of hydrogen-bond donors (Lipinski definition) is 0. The average molecular weight is 471 g/mol. The number of carbonyl (C=O) groups is 1. The lowest BCUT2D eigenvalue weighted by molar-refractivity contribution is -0.152. The molecule has 4 rings (SSSR count). The monoisotopic (exact) mass is 470 g/mol. The zero-order valence-corrected chi connectivity index (χ0v) is 20.5. The number of esters is 1. The Hall–Kier alpha value is -2.06. The van der Waals surface area contributed by atoms with E-state index in [4.69, 9.17) is 27.9 Å². The number of nitrogens with zero attached hydrogens (tertiary/aromatic N) is 2. The molecular formula is C26H28Cl2N2O2. The zero-order valence-electron chi connectivity index (χ0n) is 19.0. The molecule has 0 amide bonds. The third-order valence-corrected chi connectivity index (χ3v) is 7.18. The predicted molar refractivity (Wildman–Crippen MR) is 126 cm³/mol. The van der Waals surface area contributed by atoms with Crippen molar-refractivity contribution in [3.63, 3.8) is 0 Å². The highest BCUT2D eigenvalue weighted by Gasteiger charge is 2.70. The minimum absolute atomic E-state index is 0.110. The Balaban J connectivity index is 2.05. The zero-order chi connectivity index (χ0) is 23.5. The van der Waals surface area contributed by atoms with Crippen LogP contribution in [-0.4, -0.2) is 22.6 Å². The van der Waals surface area contributed by atoms with Crippen molar-refractivity contribution in [3.05, 3.63) is 69.7 Å². The Morgan fingerprint density at radius 3 is 2.31 bits per heavy atom. The molecule has 0 bridgehead atoms. The molecule has 6 heteroatoms. The van der Waals surface area contributed by atoms with Gasteiger partial charge in [-0.2, -0.15) is 5.26 Å². The molecule has 0 unspecified atom stereocenters. The van der Waals surface area contributed by atoms with Crippen LogP contribution in [0.5, 0.6) is 0 Å². The van der Waals surface area contributed by atoms with Crippen LogP contribution >= 0.6 is 23.2 Å². The fourth-order valence-electron chi connectivity index (χ4n) is 5.65. The van der Waals surface area contributed by atoms with Gasteiger partial charge in [0, 0.05) is 16.0 Å². The standard InChI is InChI=1S/C26H28Cl2N2O2/c1-24(2,3)14-20-21-23(31)32-25(4,5)30(21)22(16-7-6-8-19(28)13-16)26(20,15-29)17-9-11-18(27)12-10-17/h6-13,20-22H,14H2,1-5H3/t20-,21+,22-,26+/m0/s1. The Labute approximate surface area is 200 Å². The molecule has 168 valence electrons. The van der Waals surface area contributed by atoms with Gasteiger partial charge in [0.25, 0.3) is 0 Å². The second kappa shape index (κ2) is 7.76. The van der Waals surface area contributed by atoms with Gasteiger partial charge in [0.1, 0.15) is 11.5 Å². The van der Waals surface area contributed by atoms with Gasteiger partial charge in [-0.3, -0.25) is 4.79 Å². The molecule has 2 aliphatic rings. The highest BCUT2D eigenvalue weighted by Crippen LogP contribution is 2.62. The van der Waals surface area contributed by atoms with Gasteiger partial charge in [-0.25, -0.2) is 4.90 Å². The van der Waals surface area contributed by atoms with Gasteiger partial charge < -0.3 is 4.74 Å². The van der Waals surface area contributed by atoms with Gasteiger partial charge in [-0.15, -0.1) is 0 Å². The molecule has 2 heterocycles. The fraction of sp³-hybridized carbons (Fsp3) is 0.462. The van der Waals surface area contributed by atoms with Gasteiger partial charge in [0.15, 0.2) is 5.72 Å². The van der Waals surface area contributed by atoms with Crippen molar-refractivity contribution < 1.29 is 9.53 Å². The number of fused-ring (bicyclic) bond motifs is 1. The molecule has 0 N–H and O–H groups in total. The number of halogens is 2. The van der Waals surface area contributed by atoms with Crippen molar-refractivity contribution in [2.45, 2.75) is 64.3 Å². The first-order valence-corrected chi connectivity index (χ1v) is 11.6. The Morgan fingerprint density at radius 1 is 1.09 bits per heavy atom. The molecule has 2 fully saturated rings. The van der Waals surface area contributed by atoms with E-state index >= 15 is 0 Å². The second-order valence-electron chi connectivity index (χ2n) is 10.5. The number of cyclic esters (lactones) is 1. The molecule has 32 heavy (non-hydrogen) atoms. The van der Waals surface area contributed by atoms with E-state index in [1.54, 1.807) is 0 Å². The van der Waals surface area contributed by atoms with E-state index < -0.39 is 23.2 Å². The van der Waals surface area contributed by atoms with Crippen molar-refractivity contribution in [3.8, 4) is 6.07 Å². The lowest BCUT2D eigenvalue weighted by Crippen LogP contribution is -2.45. The SMILES string of the molecule is CC(C)(C)C[C@H]1[C@@H]2C(=O)OC(C)(C)N2[C@@H](c2cccc(Cl)c2)[C@]1(C#N)c1ccc(Cl)cc1. The molecule has 2 saturated heterocycles. The summed E-state index contributed by atoms with van der Waals surface area (Å²) in [4.78, 5) is 15.4. The van der Waals surface area contributed by atoms with Crippen LogP contribution in [0.25, 0.3) is 0 Å². The third kappa shape index (κ3) is 3.61. The predicted octanol–water partition coefficient (Wildman–Crippen LogP) is 6.53. The number of nitriles is 1. The largest absolute Gasteiger partial charge is 0.443 e. The first-order valence-electron chi connectivity index (χ1n) is 10.8. The maximum atomic E-state index is 13.3. The van der Waals surface area contributed by atoms with Crippen molar-refractivity contribution in [1.29, 1.82) is 5.26 Å². The summed E-state index contributed by atoms with van der Waals surface area (Å²) in [6, 6.07) is 16.8. The summed E-state index contributed by atoms with van der Waals surface area (Å²) in [6.45, 7) is 10.2. The minimum Gasteiger partial charge on any atom is -0.443 e. The van der Waals surface area contributed by atoms with Crippen molar-refractivity contribution in [1.82, 2.24) is 4.90 Å². The highest BCUT2D eigenvalue weighted by atomic mass is 35.5. The van der Waals surface area contributed by atoms with Crippen LogP contribution in [0.4, 0.5) is 0 Å². The van der Waals surface area contributed by atoms with E-state index in [0.717, 1.165) is 11.1 Å². The smallest absolute Gasteiger partial charge is 0.325 e. The van der Waals surface area contributed by atoms with Crippen LogP contribution in [-0.2, 0) is 14.9 Å². The molecule has 2 aliphatic heterocycles. The Kier molecular flexibility index (Phi) is 5.61. The van der Waals surface area contributed by atoms with Gasteiger partial charge in [0.2, 0.25) is 0 Å². The maximum absolute atomic E-state index is 13.3. The molecular weight excluding hydrogens is 443 g/mol. The van der Waals surface area contributed by atoms with E-state index in [0.29, 0.717) is 16.5 Å². The number of hydrogen-bond acceptors (Lipinski definition) is 4. The lowest BCUT2D eigenvalue weighted by Gasteiger charge is -2.41. The first-order chi connectivity index (χ1) is 14.9. The summed E-state index contributed by atoms with van der Waals surface area (Å²) in [5, 5.41) is 12.1. The van der Waals surface area contributed by atoms with E-state index in [2.05, 4.69) is 31.7 Å². The molecule has 2 aromatic carbocycles. The number of carbonyl (C=O) groups excluding carboxylic acids is 1. The minimum atomic E-state index is -0.996. The second-order valence-corrected chi connectivity index (χ2v) is 11.4. The molecule has 4 nitrogen and oxygen atoms in total. The molecule has 0 radical (unpaired) electrons. The van der Waals surface area contributed by atoms with Crippen LogP contribution in [0, 0.1) is 22.7 Å². The molecule has 0 aromatic heterocycles. The van der Waals surface area contributed by atoms with Crippen LogP contribution in [0.15, 0.2) is 48.5 Å². The molecule has 4 atom stereocenters. The quantitative estimate of drug-likeness (QED) is 0.478. The van der Waals surface area contributed by atoms with Crippen LogP contribution in [0.2, 0.25) is 10.0 Å². The summed E-state index contributed by atoms with van der Waals surface area (Å²) in [5.74, 6) is -0.561. The maximum Gasteiger partial charge on any atom is 0.325 e. The van der Waals surface area contributed by atoms with E-state index in [9.17, 15) is 10.1 Å². The summed E-state index contributed by atoms with van der Waals surface area (Å²) in [6.07, 6.45) is 0.673. The summed E-state index contributed by atoms with van der Waals surface area (Å²) >= 11 is 12.6. The van der Waals surface area contributed by atoms with Gasteiger partial charge >= 0.3 is 5.97 Å². The lowest BCUT2D eigenvalue weighted by atomic mass is 9.62. The summed E-state index contributed by atoms with van der Waals surface area (Å²) in [5.41, 5.74) is -0.232. The number of benzene rings is 2. The van der Waals surface area contributed by atoms with Crippen molar-refractivity contribution >= 4 is 29.2 Å². The average Bonchev–Trinajstić information content (AvgIpc) is 3.11. The molecule has 2 aromatic rings. The summed E-state index contributed by atoms with van der Waals surface area (Å²) < 4.78 is 5.86. The van der Waals surface area contributed by atoms with Crippen LogP contribution in [0.1, 0.15) is 58.2 Å². The fourth-order valence-corrected chi connectivity index (χ4v) is 5.97. The van der Waals surface area contributed by atoms with Gasteiger partial charge in [-0.1, -0.05) is 68.2 Å². The number of rotatable bonds is 3. The van der Waals surface area contributed by atoms with Gasteiger partial charge in [-0.05, 0) is 61.1 Å². The first kappa shape index (κ1) is 23.1. The Morgan fingerprint density at radius 2 is 1.75 bits per heavy atom. The van der Waals surface area contributed by atoms with Crippen LogP contribution in [0.3, 0.4) is 0 Å². The van der Waals surface area contributed by atoms with Crippen molar-refractivity contribution in [2.24, 2.45) is 11.3 Å². The normalized spacial score (nSPS) is 29.4. The highest BCUT2D eigenvalue weighted by molar-refractivity contribution is 6.30. The summed E-state index contributed by atoms with van der Waals surface area (Å²) in [7, 11) is 0. The Bertz CT molecular complexity index is 1080. The van der Waals surface area contributed by atoms with Crippen LogP contribution < -0.4 is 0 Å². The van der Waals surface area contributed by atoms with Gasteiger partial charge in [0.05, 0.1) is 12.1 Å².